The molecule has 0 saturated carbocycles. The largest absolute Gasteiger partial charge is 0.497 e. The van der Waals surface area contributed by atoms with Crippen molar-refractivity contribution in [1.82, 2.24) is 4.90 Å². The summed E-state index contributed by atoms with van der Waals surface area (Å²) in [7, 11) is 3.11. The molecule has 40 heavy (non-hydrogen) atoms. The molecule has 0 spiro atoms. The molecule has 1 aliphatic heterocycles. The molecule has 2 aromatic carbocycles. The van der Waals surface area contributed by atoms with Gasteiger partial charge >= 0.3 is 0 Å². The van der Waals surface area contributed by atoms with Crippen molar-refractivity contribution in [3.63, 3.8) is 0 Å². The topological polar surface area (TPSA) is 94.2 Å². The maximum absolute atomic E-state index is 13.4. The fraction of sp³-hybridized carbons (Fsp3) is 0.387. The summed E-state index contributed by atoms with van der Waals surface area (Å²) >= 11 is 3.61. The molecule has 0 radical (unpaired) electrons. The van der Waals surface area contributed by atoms with Crippen LogP contribution < -0.4 is 19.5 Å². The van der Waals surface area contributed by atoms with Gasteiger partial charge in [0.05, 0.1) is 18.7 Å². The zero-order valence-electron chi connectivity index (χ0n) is 23.0. The molecule has 5 rings (SSSR count). The van der Waals surface area contributed by atoms with Crippen LogP contribution in [0.2, 0.25) is 0 Å². The van der Waals surface area contributed by atoms with Crippen LogP contribution in [-0.2, 0) is 14.4 Å². The first kappa shape index (κ1) is 28.0. The van der Waals surface area contributed by atoms with Crippen LogP contribution in [0.1, 0.15) is 56.9 Å². The minimum absolute atomic E-state index is 0.0974. The number of anilines is 1. The first-order chi connectivity index (χ1) is 19.4. The third-order valence-corrected chi connectivity index (χ3v) is 8.30. The van der Waals surface area contributed by atoms with Crippen molar-refractivity contribution in [2.24, 2.45) is 0 Å². The zero-order valence-corrected chi connectivity index (χ0v) is 24.6. The number of nitrogens with one attached hydrogen (secondary N) is 1. The Bertz CT molecular complexity index is 1370. The number of hydrogen-bond acceptors (Lipinski definition) is 7. The molecule has 0 fully saturated rings. The van der Waals surface area contributed by atoms with Crippen molar-refractivity contribution in [2.45, 2.75) is 51.4 Å². The lowest BCUT2D eigenvalue weighted by atomic mass is 9.71. The maximum atomic E-state index is 13.4. The van der Waals surface area contributed by atoms with Gasteiger partial charge in [-0.05, 0) is 90.5 Å². The van der Waals surface area contributed by atoms with Crippen molar-refractivity contribution in [1.29, 1.82) is 0 Å². The summed E-state index contributed by atoms with van der Waals surface area (Å²) in [4.78, 5) is 41.6. The Labute approximate surface area is 242 Å². The second kappa shape index (κ2) is 11.9. The normalized spacial score (nSPS) is 17.4. The van der Waals surface area contributed by atoms with Gasteiger partial charge in [0.15, 0.2) is 29.7 Å². The van der Waals surface area contributed by atoms with Crippen LogP contribution in [-0.4, -0.2) is 49.7 Å². The monoisotopic (exact) mass is 608 g/mol. The van der Waals surface area contributed by atoms with E-state index in [4.69, 9.17) is 14.2 Å². The summed E-state index contributed by atoms with van der Waals surface area (Å²) in [5, 5.41) is 2.80. The lowest BCUT2D eigenvalue weighted by molar-refractivity contribution is -0.118. The number of carbonyl (C=O) groups is 3. The van der Waals surface area contributed by atoms with Gasteiger partial charge in [0, 0.05) is 53.5 Å². The maximum Gasteiger partial charge on any atom is 0.262 e. The van der Waals surface area contributed by atoms with Crippen LogP contribution in [0.3, 0.4) is 0 Å². The lowest BCUT2D eigenvalue weighted by Crippen LogP contribution is -2.39. The average molecular weight is 610 g/mol. The van der Waals surface area contributed by atoms with E-state index in [0.29, 0.717) is 40.3 Å². The van der Waals surface area contributed by atoms with Crippen molar-refractivity contribution in [3.8, 4) is 17.2 Å². The molecule has 9 heteroatoms. The molecule has 3 aliphatic rings. The number of ether oxygens (including phenoxy) is 3. The van der Waals surface area contributed by atoms with Gasteiger partial charge in [0.2, 0.25) is 0 Å². The van der Waals surface area contributed by atoms with Crippen LogP contribution in [0.4, 0.5) is 5.69 Å². The molecule has 0 aromatic heterocycles. The number of hydrogen-bond donors (Lipinski definition) is 1. The molecular weight excluding hydrogens is 576 g/mol. The molecule has 8 nitrogen and oxygen atoms in total. The number of rotatable bonds is 8. The fourth-order valence-electron chi connectivity index (χ4n) is 5.99. The van der Waals surface area contributed by atoms with E-state index in [1.54, 1.807) is 31.4 Å². The summed E-state index contributed by atoms with van der Waals surface area (Å²) in [6.45, 7) is 2.56. The molecule has 0 atom stereocenters. The van der Waals surface area contributed by atoms with Crippen LogP contribution in [0, 0.1) is 0 Å². The second-order valence-corrected chi connectivity index (χ2v) is 10.9. The van der Waals surface area contributed by atoms with Gasteiger partial charge in [0.1, 0.15) is 5.75 Å². The van der Waals surface area contributed by atoms with E-state index in [9.17, 15) is 14.4 Å². The van der Waals surface area contributed by atoms with Gasteiger partial charge in [-0.15, -0.1) is 0 Å². The molecule has 0 bridgehead atoms. The molecule has 1 N–H and O–H groups in total. The molecule has 2 aromatic rings. The number of amides is 1. The molecule has 210 valence electrons. The second-order valence-electron chi connectivity index (χ2n) is 10.1. The third-order valence-electron chi connectivity index (χ3n) is 7.71. The number of nitrogens with zero attached hydrogens (tertiary/aromatic N) is 1. The zero-order chi connectivity index (χ0) is 28.4. The summed E-state index contributed by atoms with van der Waals surface area (Å²) in [6, 6.07) is 10.7. The molecule has 1 amide bonds. The van der Waals surface area contributed by atoms with E-state index in [0.717, 1.165) is 60.3 Å². The quantitative estimate of drug-likeness (QED) is 0.397. The Morgan fingerprint density at radius 1 is 0.950 bits per heavy atom. The summed E-state index contributed by atoms with van der Waals surface area (Å²) in [5.74, 6) is 0.886. The fourth-order valence-corrected chi connectivity index (χ4v) is 6.56. The Kier molecular flexibility index (Phi) is 8.30. The number of Topliss-reactive ketones (excluding diaryl/α,β-unsaturated/α-hetero) is 2. The van der Waals surface area contributed by atoms with Crippen molar-refractivity contribution in [3.05, 3.63) is 69.0 Å². The number of allylic oxidation sites excluding steroid dienone is 4. The van der Waals surface area contributed by atoms with E-state index >= 15 is 0 Å². The van der Waals surface area contributed by atoms with Gasteiger partial charge in [-0.1, -0.05) is 0 Å². The first-order valence-electron chi connectivity index (χ1n) is 13.6. The number of carbonyl (C=O) groups excluding carboxylic acids is 3. The lowest BCUT2D eigenvalue weighted by Gasteiger charge is -2.43. The Morgan fingerprint density at radius 3 is 2.12 bits per heavy atom. The first-order valence-corrected chi connectivity index (χ1v) is 14.4. The van der Waals surface area contributed by atoms with Crippen LogP contribution >= 0.6 is 15.9 Å². The van der Waals surface area contributed by atoms with Crippen molar-refractivity contribution in [2.75, 3.05) is 32.7 Å². The summed E-state index contributed by atoms with van der Waals surface area (Å²) in [6.07, 6.45) is 4.23. The van der Waals surface area contributed by atoms with Gasteiger partial charge in [0.25, 0.3) is 5.91 Å². The number of benzene rings is 2. The number of halogens is 1. The van der Waals surface area contributed by atoms with E-state index < -0.39 is 5.92 Å². The smallest absolute Gasteiger partial charge is 0.262 e. The highest BCUT2D eigenvalue weighted by atomic mass is 79.9. The Balaban J connectivity index is 1.46. The highest BCUT2D eigenvalue weighted by Crippen LogP contribution is 2.51. The molecule has 0 saturated heterocycles. The minimum Gasteiger partial charge on any atom is -0.497 e. The highest BCUT2D eigenvalue weighted by molar-refractivity contribution is 9.10. The van der Waals surface area contributed by atoms with Crippen LogP contribution in [0.15, 0.2) is 63.4 Å². The van der Waals surface area contributed by atoms with E-state index in [2.05, 4.69) is 33.1 Å². The predicted molar refractivity (Wildman–Crippen MR) is 155 cm³/mol. The summed E-state index contributed by atoms with van der Waals surface area (Å²) in [5.41, 5.74) is 4.95. The van der Waals surface area contributed by atoms with E-state index in [-0.39, 0.29) is 24.1 Å². The SMILES string of the molecule is CCN1C2=C(C(=O)CCC2)C(c2cc(Br)c(OCC(=O)Nc3ccc(OC)cc3)c(OC)c2)C2=C1CCCC2=O. The van der Waals surface area contributed by atoms with Crippen molar-refractivity contribution >= 4 is 39.1 Å². The van der Waals surface area contributed by atoms with Gasteiger partial charge in [-0.2, -0.15) is 0 Å². The minimum atomic E-state index is -0.453. The summed E-state index contributed by atoms with van der Waals surface area (Å²) < 4.78 is 17.3. The molecule has 2 aliphatic carbocycles. The van der Waals surface area contributed by atoms with Gasteiger partial charge in [-0.25, -0.2) is 0 Å². The van der Waals surface area contributed by atoms with Gasteiger partial charge < -0.3 is 24.4 Å². The Morgan fingerprint density at radius 2 is 1.57 bits per heavy atom. The third kappa shape index (κ3) is 5.27. The number of ketones is 2. The van der Waals surface area contributed by atoms with Crippen LogP contribution in [0.25, 0.3) is 0 Å². The highest BCUT2D eigenvalue weighted by Gasteiger charge is 2.43. The predicted octanol–water partition coefficient (Wildman–Crippen LogP) is 5.92. The Hall–Kier alpha value is -3.59. The van der Waals surface area contributed by atoms with Gasteiger partial charge in [-0.3, -0.25) is 14.4 Å². The van der Waals surface area contributed by atoms with Crippen molar-refractivity contribution < 1.29 is 28.6 Å². The molecular formula is C31H33BrN2O6. The van der Waals surface area contributed by atoms with Crippen LogP contribution in [0.5, 0.6) is 17.2 Å². The molecule has 0 unspecified atom stereocenters. The van der Waals surface area contributed by atoms with E-state index in [1.807, 2.05) is 12.1 Å². The van der Waals surface area contributed by atoms with E-state index in [1.165, 1.54) is 7.11 Å². The standard InChI is InChI=1S/C31H33BrN2O6/c1-4-34-22-7-5-9-24(35)29(22)28(30-23(34)8-6-10-25(30)36)18-15-21(32)31(26(16-18)39-3)40-17-27(37)33-19-11-13-20(38-2)14-12-19/h11-16,28H,4-10,17H2,1-3H3,(H,33,37). The number of methoxy groups -OCH3 is 2. The average Bonchev–Trinajstić information content (AvgIpc) is 2.95. The molecule has 1 heterocycles.